The second-order valence-corrected chi connectivity index (χ2v) is 10.3. The first kappa shape index (κ1) is 25.3. The summed E-state index contributed by atoms with van der Waals surface area (Å²) < 4.78 is 20.2. The summed E-state index contributed by atoms with van der Waals surface area (Å²) in [6, 6.07) is 7.62. The van der Waals surface area contributed by atoms with E-state index in [1.54, 1.807) is 27.8 Å². The van der Waals surface area contributed by atoms with Gasteiger partial charge in [0.15, 0.2) is 11.3 Å². The fraction of sp³-hybridized carbons (Fsp3) is 0.407. The zero-order chi connectivity index (χ0) is 26.2. The lowest BCUT2D eigenvalue weighted by Gasteiger charge is -2.30. The molecule has 4 rings (SSSR count). The van der Waals surface area contributed by atoms with E-state index >= 15 is 0 Å². The summed E-state index contributed by atoms with van der Waals surface area (Å²) in [7, 11) is 1.32. The molecule has 3 heterocycles. The number of esters is 1. The fourth-order valence-electron chi connectivity index (χ4n) is 4.27. The highest BCUT2D eigenvalue weighted by Crippen LogP contribution is 2.35. The van der Waals surface area contributed by atoms with Crippen molar-refractivity contribution in [3.63, 3.8) is 0 Å². The van der Waals surface area contributed by atoms with E-state index in [2.05, 4.69) is 10.3 Å². The molecule has 1 aliphatic heterocycles. The van der Waals surface area contributed by atoms with Gasteiger partial charge in [-0.3, -0.25) is 0 Å². The quantitative estimate of drug-likeness (QED) is 0.513. The summed E-state index contributed by atoms with van der Waals surface area (Å²) in [4.78, 5) is 31.6. The second-order valence-electron chi connectivity index (χ2n) is 10.3. The second kappa shape index (κ2) is 9.72. The van der Waals surface area contributed by atoms with E-state index in [0.717, 1.165) is 22.2 Å². The molecule has 9 heteroatoms. The summed E-state index contributed by atoms with van der Waals surface area (Å²) in [6.45, 7) is 10.9. The molecular weight excluding hydrogens is 461 g/mol. The molecule has 36 heavy (non-hydrogen) atoms. The topological polar surface area (TPSA) is 89.4 Å². The van der Waals surface area contributed by atoms with Crippen LogP contribution in [0.4, 0.5) is 9.18 Å². The molecule has 0 saturated carbocycles. The van der Waals surface area contributed by atoms with Crippen LogP contribution in [0.25, 0.3) is 22.3 Å². The Balaban J connectivity index is 1.86. The van der Waals surface area contributed by atoms with Gasteiger partial charge in [0, 0.05) is 18.6 Å². The number of hydrogen-bond acceptors (Lipinski definition) is 5. The molecule has 0 fully saturated rings. The van der Waals surface area contributed by atoms with Crippen LogP contribution >= 0.6 is 0 Å². The van der Waals surface area contributed by atoms with Crippen LogP contribution in [0.15, 0.2) is 36.4 Å². The van der Waals surface area contributed by atoms with Crippen LogP contribution in [0, 0.1) is 5.82 Å². The van der Waals surface area contributed by atoms with Crippen molar-refractivity contribution in [2.45, 2.75) is 52.5 Å². The highest BCUT2D eigenvalue weighted by atomic mass is 19.1. The Bertz CT molecular complexity index is 1340. The summed E-state index contributed by atoms with van der Waals surface area (Å²) in [5.74, 6) is -0.841. The largest absolute Gasteiger partial charge is 0.464 e. The first-order chi connectivity index (χ1) is 17.0. The van der Waals surface area contributed by atoms with Gasteiger partial charge in [0.2, 0.25) is 0 Å². The Morgan fingerprint density at radius 2 is 1.86 bits per heavy atom. The van der Waals surface area contributed by atoms with Crippen LogP contribution in [0.5, 0.6) is 0 Å². The predicted octanol–water partition coefficient (Wildman–Crippen LogP) is 5.07. The van der Waals surface area contributed by atoms with Gasteiger partial charge in [-0.25, -0.2) is 23.6 Å². The molecule has 190 valence electrons. The normalized spacial score (nSPS) is 14.2. The number of carbonyl (C=O) groups excluding carboxylic acids is 2. The van der Waals surface area contributed by atoms with E-state index in [4.69, 9.17) is 9.84 Å². The van der Waals surface area contributed by atoms with Crippen molar-refractivity contribution in [1.29, 1.82) is 0 Å². The first-order valence-electron chi connectivity index (χ1n) is 12.0. The molecule has 0 bridgehead atoms. The fourth-order valence-corrected chi connectivity index (χ4v) is 4.27. The van der Waals surface area contributed by atoms with E-state index in [1.165, 1.54) is 19.2 Å². The van der Waals surface area contributed by atoms with Gasteiger partial charge >= 0.3 is 12.0 Å². The van der Waals surface area contributed by atoms with Crippen LogP contribution in [-0.4, -0.2) is 57.4 Å². The lowest BCUT2D eigenvalue weighted by atomic mass is 9.94. The molecule has 2 amide bonds. The van der Waals surface area contributed by atoms with E-state index in [9.17, 15) is 14.0 Å². The smallest absolute Gasteiger partial charge is 0.356 e. The molecule has 8 nitrogen and oxygen atoms in total. The van der Waals surface area contributed by atoms with Crippen LogP contribution in [0.2, 0.25) is 0 Å². The maximum Gasteiger partial charge on any atom is 0.356 e. The number of methoxy groups -OCH3 is 1. The Morgan fingerprint density at radius 3 is 2.42 bits per heavy atom. The van der Waals surface area contributed by atoms with Crippen LogP contribution in [0.1, 0.15) is 68.7 Å². The number of fused-ring (bicyclic) bond motifs is 1. The highest BCUT2D eigenvalue weighted by molar-refractivity contribution is 5.98. The van der Waals surface area contributed by atoms with Crippen molar-refractivity contribution >= 4 is 28.6 Å². The minimum absolute atomic E-state index is 0.0666. The van der Waals surface area contributed by atoms with Gasteiger partial charge in [-0.15, -0.1) is 0 Å². The number of rotatable bonds is 4. The minimum Gasteiger partial charge on any atom is -0.464 e. The van der Waals surface area contributed by atoms with Gasteiger partial charge in [-0.1, -0.05) is 19.9 Å². The summed E-state index contributed by atoms with van der Waals surface area (Å²) in [6.07, 6.45) is 2.62. The van der Waals surface area contributed by atoms with Crippen molar-refractivity contribution in [2.24, 2.45) is 0 Å². The molecule has 1 aromatic carbocycles. The zero-order valence-electron chi connectivity index (χ0n) is 21.6. The number of benzene rings is 1. The third-order valence-electron chi connectivity index (χ3n) is 6.00. The van der Waals surface area contributed by atoms with Gasteiger partial charge in [-0.2, -0.15) is 5.10 Å². The number of pyridine rings is 1. The average Bonchev–Trinajstić information content (AvgIpc) is 3.22. The number of ether oxygens (including phenoxy) is 1. The standard InChI is InChI=1S/C27H32FN5O3/c1-16(2)23-22-20(17-11-13-32(14-12-17)26(35)30-27(3,4)5)15-21(25(34)36-6)29-24(22)33(31-23)19-9-7-18(28)8-10-19/h7-11,15-16H,12-14H2,1-6H3,(H,30,35). The third kappa shape index (κ3) is 5.10. The summed E-state index contributed by atoms with van der Waals surface area (Å²) in [5.41, 5.74) is 3.64. The Hall–Kier alpha value is -3.75. The van der Waals surface area contributed by atoms with Gasteiger partial charge < -0.3 is 15.0 Å². The maximum absolute atomic E-state index is 13.6. The number of halogens is 1. The minimum atomic E-state index is -0.557. The highest BCUT2D eigenvalue weighted by Gasteiger charge is 2.27. The van der Waals surface area contributed by atoms with E-state index < -0.39 is 5.97 Å². The molecule has 1 aliphatic rings. The number of nitrogens with one attached hydrogen (secondary N) is 1. The van der Waals surface area contributed by atoms with Crippen molar-refractivity contribution in [3.05, 3.63) is 59.2 Å². The van der Waals surface area contributed by atoms with Gasteiger partial charge in [0.25, 0.3) is 0 Å². The molecule has 0 atom stereocenters. The number of hydrogen-bond donors (Lipinski definition) is 1. The molecule has 3 aromatic rings. The molecule has 1 N–H and O–H groups in total. The third-order valence-corrected chi connectivity index (χ3v) is 6.00. The maximum atomic E-state index is 13.6. The Kier molecular flexibility index (Phi) is 6.84. The lowest BCUT2D eigenvalue weighted by Crippen LogP contribution is -2.49. The van der Waals surface area contributed by atoms with Crippen molar-refractivity contribution in [2.75, 3.05) is 20.2 Å². The van der Waals surface area contributed by atoms with Crippen molar-refractivity contribution in [1.82, 2.24) is 25.0 Å². The number of amides is 2. The van der Waals surface area contributed by atoms with Gasteiger partial charge in [0.05, 0.1) is 23.9 Å². The molecule has 2 aromatic heterocycles. The SMILES string of the molecule is COC(=O)c1cc(C2=CCN(C(=O)NC(C)(C)C)CC2)c2c(C(C)C)nn(-c3ccc(F)cc3)c2n1. The monoisotopic (exact) mass is 493 g/mol. The molecule has 0 saturated heterocycles. The van der Waals surface area contributed by atoms with Crippen molar-refractivity contribution < 1.29 is 18.7 Å². The first-order valence-corrected chi connectivity index (χ1v) is 12.0. The van der Waals surface area contributed by atoms with E-state index in [-0.39, 0.29) is 29.0 Å². The lowest BCUT2D eigenvalue weighted by molar-refractivity contribution is 0.0594. The van der Waals surface area contributed by atoms with Gasteiger partial charge in [0.1, 0.15) is 5.82 Å². The molecule has 0 spiro atoms. The van der Waals surface area contributed by atoms with E-state index in [1.807, 2.05) is 40.7 Å². The van der Waals surface area contributed by atoms with Crippen LogP contribution in [-0.2, 0) is 4.74 Å². The number of aromatic nitrogens is 3. The number of carbonyl (C=O) groups is 2. The Labute approximate surface area is 210 Å². The van der Waals surface area contributed by atoms with E-state index in [0.29, 0.717) is 30.8 Å². The molecular formula is C27H32FN5O3. The molecule has 0 aliphatic carbocycles. The van der Waals surface area contributed by atoms with Crippen molar-refractivity contribution in [3.8, 4) is 5.69 Å². The zero-order valence-corrected chi connectivity index (χ0v) is 21.6. The molecule has 0 radical (unpaired) electrons. The van der Waals surface area contributed by atoms with Crippen LogP contribution in [0.3, 0.4) is 0 Å². The molecule has 0 unspecified atom stereocenters. The van der Waals surface area contributed by atoms with Crippen LogP contribution < -0.4 is 5.32 Å². The number of urea groups is 1. The average molecular weight is 494 g/mol. The Morgan fingerprint density at radius 1 is 1.17 bits per heavy atom. The summed E-state index contributed by atoms with van der Waals surface area (Å²) >= 11 is 0. The predicted molar refractivity (Wildman–Crippen MR) is 137 cm³/mol. The number of nitrogens with zero attached hydrogens (tertiary/aromatic N) is 4. The van der Waals surface area contributed by atoms with Gasteiger partial charge in [-0.05, 0) is 74.6 Å². The summed E-state index contributed by atoms with van der Waals surface area (Å²) in [5, 5.41) is 8.67.